The van der Waals surface area contributed by atoms with Crippen LogP contribution in [0.25, 0.3) is 28.3 Å². The third-order valence-corrected chi connectivity index (χ3v) is 7.09. The number of nitrogens with zero attached hydrogens (tertiary/aromatic N) is 6. The Balaban J connectivity index is 1.53. The number of para-hydroxylation sites is 1. The molecule has 0 radical (unpaired) electrons. The molecule has 8 nitrogen and oxygen atoms in total. The van der Waals surface area contributed by atoms with E-state index >= 15 is 0 Å². The molecule has 5 rings (SSSR count). The lowest BCUT2D eigenvalue weighted by atomic mass is 9.84. The molecule has 1 N–H and O–H groups in total. The first kappa shape index (κ1) is 26.3. The number of pyridine rings is 1. The van der Waals surface area contributed by atoms with Crippen molar-refractivity contribution in [2.75, 3.05) is 0 Å². The fourth-order valence-corrected chi connectivity index (χ4v) is 5.12. The van der Waals surface area contributed by atoms with Gasteiger partial charge in [-0.3, -0.25) is 14.1 Å². The maximum atomic E-state index is 14.0. The molecule has 0 aliphatic rings. The smallest absolute Gasteiger partial charge is 0.292 e. The number of imidazole rings is 1. The summed E-state index contributed by atoms with van der Waals surface area (Å²) in [5.74, 6) is 0.593. The van der Waals surface area contributed by atoms with Crippen molar-refractivity contribution in [3.8, 4) is 28.3 Å². The molecular weight excluding hydrogens is 486 g/mol. The van der Waals surface area contributed by atoms with Crippen LogP contribution in [0, 0.1) is 0 Å². The minimum Gasteiger partial charge on any atom is -0.292 e. The minimum atomic E-state index is -0.0925. The summed E-state index contributed by atoms with van der Waals surface area (Å²) in [5, 5.41) is 14.3. The molecule has 0 spiro atoms. The van der Waals surface area contributed by atoms with Crippen molar-refractivity contribution in [3.63, 3.8) is 0 Å². The molecule has 0 saturated carbocycles. The highest BCUT2D eigenvalue weighted by Crippen LogP contribution is 2.31. The first-order valence-electron chi connectivity index (χ1n) is 13.5. The third-order valence-electron chi connectivity index (χ3n) is 7.09. The molecule has 0 unspecified atom stereocenters. The van der Waals surface area contributed by atoms with E-state index in [-0.39, 0.29) is 11.1 Å². The van der Waals surface area contributed by atoms with E-state index in [1.807, 2.05) is 57.9 Å². The molecule has 0 aliphatic carbocycles. The fourth-order valence-electron chi connectivity index (χ4n) is 5.12. The van der Waals surface area contributed by atoms with Gasteiger partial charge < -0.3 is 0 Å². The van der Waals surface area contributed by atoms with E-state index in [2.05, 4.69) is 73.4 Å². The lowest BCUT2D eigenvalue weighted by molar-refractivity contribution is 0.583. The lowest BCUT2D eigenvalue weighted by Gasteiger charge is -2.25. The molecule has 39 heavy (non-hydrogen) atoms. The average molecular weight is 522 g/mol. The summed E-state index contributed by atoms with van der Waals surface area (Å²) in [6.45, 7) is 11.3. The molecule has 0 aliphatic heterocycles. The summed E-state index contributed by atoms with van der Waals surface area (Å²) in [6, 6.07) is 18.3. The van der Waals surface area contributed by atoms with Crippen molar-refractivity contribution in [2.24, 2.45) is 0 Å². The second-order valence-corrected chi connectivity index (χ2v) is 10.9. The zero-order valence-electron chi connectivity index (χ0n) is 23.3. The SMILES string of the molecule is CCCc1cn(-c2c(CC)cccc2C(C)(C)C)c(=O)n1Cc1ccc(-c2ccccc2-c2nnn[nH]2)nc1. The Hall–Kier alpha value is -4.33. The molecule has 5 aromatic rings. The topological polar surface area (TPSA) is 94.3 Å². The molecule has 3 heterocycles. The largest absolute Gasteiger partial charge is 0.333 e. The number of rotatable bonds is 8. The molecule has 200 valence electrons. The van der Waals surface area contributed by atoms with Crippen LogP contribution >= 0.6 is 0 Å². The second-order valence-electron chi connectivity index (χ2n) is 10.9. The van der Waals surface area contributed by atoms with Crippen LogP contribution in [0.3, 0.4) is 0 Å². The molecule has 2 aromatic carbocycles. The second kappa shape index (κ2) is 10.8. The van der Waals surface area contributed by atoms with Crippen LogP contribution < -0.4 is 5.69 Å². The molecule has 0 bridgehead atoms. The first-order chi connectivity index (χ1) is 18.8. The van der Waals surface area contributed by atoms with Crippen LogP contribution in [0.2, 0.25) is 0 Å². The predicted octanol–water partition coefficient (Wildman–Crippen LogP) is 5.74. The average Bonchev–Trinajstić information content (AvgIpc) is 3.58. The van der Waals surface area contributed by atoms with E-state index in [0.717, 1.165) is 53.0 Å². The van der Waals surface area contributed by atoms with Gasteiger partial charge in [-0.2, -0.15) is 0 Å². The van der Waals surface area contributed by atoms with Crippen molar-refractivity contribution in [3.05, 3.63) is 99.9 Å². The molecule has 0 amide bonds. The summed E-state index contributed by atoms with van der Waals surface area (Å²) in [7, 11) is 0. The number of aryl methyl sites for hydroxylation is 2. The molecular formula is C31H35N7O. The summed E-state index contributed by atoms with van der Waals surface area (Å²) < 4.78 is 3.76. The van der Waals surface area contributed by atoms with Crippen molar-refractivity contribution in [1.82, 2.24) is 34.7 Å². The Morgan fingerprint density at radius 2 is 1.74 bits per heavy atom. The van der Waals surface area contributed by atoms with E-state index < -0.39 is 0 Å². The van der Waals surface area contributed by atoms with Gasteiger partial charge >= 0.3 is 5.69 Å². The number of hydrogen-bond donors (Lipinski definition) is 1. The molecule has 3 aromatic heterocycles. The monoisotopic (exact) mass is 521 g/mol. The summed E-state index contributed by atoms with van der Waals surface area (Å²) in [5.41, 5.74) is 7.88. The van der Waals surface area contributed by atoms with Gasteiger partial charge in [0.25, 0.3) is 0 Å². The van der Waals surface area contributed by atoms with Gasteiger partial charge in [0.1, 0.15) is 0 Å². The maximum absolute atomic E-state index is 14.0. The van der Waals surface area contributed by atoms with Crippen LogP contribution in [-0.4, -0.2) is 34.7 Å². The normalized spacial score (nSPS) is 11.7. The summed E-state index contributed by atoms with van der Waals surface area (Å²) in [6.07, 6.45) is 6.53. The van der Waals surface area contributed by atoms with Gasteiger partial charge in [0.15, 0.2) is 5.82 Å². The number of H-pyrrole nitrogens is 1. The number of aromatic nitrogens is 7. The number of benzene rings is 2. The highest BCUT2D eigenvalue weighted by molar-refractivity contribution is 5.78. The van der Waals surface area contributed by atoms with Crippen molar-refractivity contribution in [2.45, 2.75) is 65.8 Å². The minimum absolute atomic E-state index is 0.0166. The number of hydrogen-bond acceptors (Lipinski definition) is 5. The Morgan fingerprint density at radius 1 is 0.949 bits per heavy atom. The zero-order valence-corrected chi connectivity index (χ0v) is 23.3. The van der Waals surface area contributed by atoms with Crippen LogP contribution in [0.4, 0.5) is 0 Å². The summed E-state index contributed by atoms with van der Waals surface area (Å²) in [4.78, 5) is 18.7. The quantitative estimate of drug-likeness (QED) is 0.281. The molecule has 8 heteroatoms. The standard InChI is InChI=1S/C31H35N7O/c1-6-11-23-20-38(28-22(7-2)12-10-15-26(28)31(3,4)5)30(39)37(23)19-21-16-17-27(32-18-21)24-13-8-9-14-25(24)29-33-35-36-34-29/h8-10,12-18,20H,6-7,11,19H2,1-5H3,(H,33,34,35,36). The molecule has 0 atom stereocenters. The lowest BCUT2D eigenvalue weighted by Crippen LogP contribution is -2.27. The van der Waals surface area contributed by atoms with Gasteiger partial charge in [-0.25, -0.2) is 9.89 Å². The zero-order chi connectivity index (χ0) is 27.6. The van der Waals surface area contributed by atoms with Gasteiger partial charge in [0.05, 0.1) is 17.9 Å². The highest BCUT2D eigenvalue weighted by Gasteiger charge is 2.23. The van der Waals surface area contributed by atoms with Crippen molar-refractivity contribution < 1.29 is 0 Å². The highest BCUT2D eigenvalue weighted by atomic mass is 16.1. The van der Waals surface area contributed by atoms with Gasteiger partial charge in [-0.1, -0.05) is 89.6 Å². The third kappa shape index (κ3) is 5.19. The number of aromatic amines is 1. The van der Waals surface area contributed by atoms with E-state index in [1.165, 1.54) is 11.1 Å². The first-order valence-corrected chi connectivity index (χ1v) is 13.5. The predicted molar refractivity (Wildman–Crippen MR) is 154 cm³/mol. The van der Waals surface area contributed by atoms with E-state index in [0.29, 0.717) is 12.4 Å². The van der Waals surface area contributed by atoms with Gasteiger partial charge in [-0.15, -0.1) is 5.10 Å². The Bertz CT molecular complexity index is 1620. The number of tetrazole rings is 1. The van der Waals surface area contributed by atoms with E-state index in [1.54, 1.807) is 0 Å². The van der Waals surface area contributed by atoms with Crippen LogP contribution in [0.1, 0.15) is 63.4 Å². The van der Waals surface area contributed by atoms with E-state index in [4.69, 9.17) is 4.98 Å². The van der Waals surface area contributed by atoms with Gasteiger partial charge in [0.2, 0.25) is 0 Å². The number of nitrogens with one attached hydrogen (secondary N) is 1. The Kier molecular flexibility index (Phi) is 7.28. The van der Waals surface area contributed by atoms with Crippen LogP contribution in [-0.2, 0) is 24.8 Å². The summed E-state index contributed by atoms with van der Waals surface area (Å²) >= 11 is 0. The molecule has 0 fully saturated rings. The van der Waals surface area contributed by atoms with Crippen LogP contribution in [0.15, 0.2) is 71.8 Å². The van der Waals surface area contributed by atoms with E-state index in [9.17, 15) is 4.79 Å². The maximum Gasteiger partial charge on any atom is 0.333 e. The van der Waals surface area contributed by atoms with Crippen LogP contribution in [0.5, 0.6) is 0 Å². The Morgan fingerprint density at radius 3 is 2.38 bits per heavy atom. The molecule has 0 saturated heterocycles. The Labute approximate surface area is 228 Å². The van der Waals surface area contributed by atoms with Crippen molar-refractivity contribution in [1.29, 1.82) is 0 Å². The van der Waals surface area contributed by atoms with Gasteiger partial charge in [0, 0.05) is 29.2 Å². The van der Waals surface area contributed by atoms with Crippen molar-refractivity contribution >= 4 is 0 Å². The fraction of sp³-hybridized carbons (Fsp3) is 0.323. The van der Waals surface area contributed by atoms with Gasteiger partial charge in [-0.05, 0) is 51.4 Å².